The van der Waals surface area contributed by atoms with Crippen LogP contribution in [0.15, 0.2) is 24.3 Å². The fourth-order valence-corrected chi connectivity index (χ4v) is 2.09. The molecule has 0 fully saturated rings. The molecule has 0 saturated heterocycles. The van der Waals surface area contributed by atoms with E-state index in [1.807, 2.05) is 0 Å². The summed E-state index contributed by atoms with van der Waals surface area (Å²) in [4.78, 5) is 0. The molecule has 0 amide bonds. The van der Waals surface area contributed by atoms with Gasteiger partial charge in [0.1, 0.15) is 0 Å². The highest BCUT2D eigenvalue weighted by atomic mass is 35.5. The minimum atomic E-state index is 0.512. The van der Waals surface area contributed by atoms with Gasteiger partial charge in [0.15, 0.2) is 0 Å². The Hall–Kier alpha value is -0.530. The lowest BCUT2D eigenvalue weighted by atomic mass is 10.0. The van der Waals surface area contributed by atoms with Gasteiger partial charge in [-0.3, -0.25) is 0 Å². The van der Waals surface area contributed by atoms with E-state index < -0.39 is 0 Å². The van der Waals surface area contributed by atoms with Crippen molar-refractivity contribution in [1.29, 1.82) is 0 Å². The molecule has 0 aliphatic heterocycles. The number of rotatable bonds is 6. The third-order valence-corrected chi connectivity index (χ3v) is 3.09. The first-order valence-electron chi connectivity index (χ1n) is 5.98. The summed E-state index contributed by atoms with van der Waals surface area (Å²) in [6.07, 6.45) is 1.03. The average Bonchev–Trinajstić information content (AvgIpc) is 2.24. The van der Waals surface area contributed by atoms with Crippen LogP contribution < -0.4 is 5.32 Å². The molecule has 0 radical (unpaired) electrons. The SMILES string of the molecule is Cc1cccc(CNC(CCCl)C(C)C)c1. The highest BCUT2D eigenvalue weighted by Crippen LogP contribution is 2.09. The van der Waals surface area contributed by atoms with E-state index in [2.05, 4.69) is 50.4 Å². The first-order valence-corrected chi connectivity index (χ1v) is 6.52. The molecule has 1 aromatic carbocycles. The molecule has 0 spiro atoms. The van der Waals surface area contributed by atoms with Crippen LogP contribution in [0.4, 0.5) is 0 Å². The molecule has 0 bridgehead atoms. The molecule has 1 aromatic rings. The Bertz CT molecular complexity index is 309. The molecule has 0 saturated carbocycles. The van der Waals surface area contributed by atoms with Gasteiger partial charge >= 0.3 is 0 Å². The van der Waals surface area contributed by atoms with Crippen LogP contribution >= 0.6 is 11.6 Å². The largest absolute Gasteiger partial charge is 0.310 e. The Balaban J connectivity index is 2.48. The number of hydrogen-bond acceptors (Lipinski definition) is 1. The van der Waals surface area contributed by atoms with Gasteiger partial charge < -0.3 is 5.32 Å². The molecule has 0 heterocycles. The first-order chi connectivity index (χ1) is 7.63. The van der Waals surface area contributed by atoms with Crippen LogP contribution in [0.25, 0.3) is 0 Å². The molecule has 1 rings (SSSR count). The second kappa shape index (κ2) is 6.93. The Morgan fingerprint density at radius 2 is 2.06 bits per heavy atom. The smallest absolute Gasteiger partial charge is 0.0238 e. The normalized spacial score (nSPS) is 13.1. The van der Waals surface area contributed by atoms with Crippen molar-refractivity contribution >= 4 is 11.6 Å². The first kappa shape index (κ1) is 13.5. The summed E-state index contributed by atoms with van der Waals surface area (Å²) in [6, 6.07) is 9.14. The van der Waals surface area contributed by atoms with Crippen LogP contribution in [0, 0.1) is 12.8 Å². The predicted molar refractivity (Wildman–Crippen MR) is 72.0 cm³/mol. The van der Waals surface area contributed by atoms with Crippen LogP contribution in [0.2, 0.25) is 0 Å². The quantitative estimate of drug-likeness (QED) is 0.746. The molecule has 0 aromatic heterocycles. The van der Waals surface area contributed by atoms with Gasteiger partial charge in [-0.15, -0.1) is 11.6 Å². The van der Waals surface area contributed by atoms with Crippen molar-refractivity contribution in [3.63, 3.8) is 0 Å². The van der Waals surface area contributed by atoms with Crippen molar-refractivity contribution < 1.29 is 0 Å². The van der Waals surface area contributed by atoms with Gasteiger partial charge in [0, 0.05) is 18.5 Å². The van der Waals surface area contributed by atoms with Crippen molar-refractivity contribution in [1.82, 2.24) is 5.32 Å². The van der Waals surface area contributed by atoms with E-state index >= 15 is 0 Å². The van der Waals surface area contributed by atoms with Gasteiger partial charge in [-0.2, -0.15) is 0 Å². The summed E-state index contributed by atoms with van der Waals surface area (Å²) < 4.78 is 0. The third-order valence-electron chi connectivity index (χ3n) is 2.88. The van der Waals surface area contributed by atoms with E-state index in [0.29, 0.717) is 12.0 Å². The summed E-state index contributed by atoms with van der Waals surface area (Å²) in [5.74, 6) is 1.35. The summed E-state index contributed by atoms with van der Waals surface area (Å²) >= 11 is 5.81. The Morgan fingerprint density at radius 1 is 1.31 bits per heavy atom. The fraction of sp³-hybridized carbons (Fsp3) is 0.571. The minimum absolute atomic E-state index is 0.512. The lowest BCUT2D eigenvalue weighted by molar-refractivity contribution is 0.389. The topological polar surface area (TPSA) is 12.0 Å². The second-order valence-corrected chi connectivity index (χ2v) is 5.08. The monoisotopic (exact) mass is 239 g/mol. The van der Waals surface area contributed by atoms with Gasteiger partial charge in [-0.05, 0) is 24.8 Å². The lowest BCUT2D eigenvalue weighted by Crippen LogP contribution is -2.33. The van der Waals surface area contributed by atoms with E-state index in [-0.39, 0.29) is 0 Å². The average molecular weight is 240 g/mol. The van der Waals surface area contributed by atoms with Crippen LogP contribution in [0.1, 0.15) is 31.4 Å². The van der Waals surface area contributed by atoms with E-state index in [1.165, 1.54) is 11.1 Å². The molecule has 90 valence electrons. The maximum atomic E-state index is 5.81. The second-order valence-electron chi connectivity index (χ2n) is 4.70. The van der Waals surface area contributed by atoms with Crippen molar-refractivity contribution in [2.45, 2.75) is 39.8 Å². The number of benzene rings is 1. The van der Waals surface area contributed by atoms with Gasteiger partial charge in [0.25, 0.3) is 0 Å². The standard InChI is InChI=1S/C14H22ClN/c1-11(2)14(7-8-15)16-10-13-6-4-5-12(3)9-13/h4-6,9,11,14,16H,7-8,10H2,1-3H3. The molecule has 0 aliphatic rings. The zero-order valence-electron chi connectivity index (χ0n) is 10.5. The third kappa shape index (κ3) is 4.54. The highest BCUT2D eigenvalue weighted by Gasteiger charge is 2.11. The van der Waals surface area contributed by atoms with Crippen molar-refractivity contribution in [3.05, 3.63) is 35.4 Å². The molecule has 1 nitrogen and oxygen atoms in total. The molecule has 1 unspecified atom stereocenters. The van der Waals surface area contributed by atoms with Crippen LogP contribution in [-0.4, -0.2) is 11.9 Å². The van der Waals surface area contributed by atoms with Crippen LogP contribution in [0.3, 0.4) is 0 Å². The zero-order chi connectivity index (χ0) is 12.0. The zero-order valence-corrected chi connectivity index (χ0v) is 11.2. The highest BCUT2D eigenvalue weighted by molar-refractivity contribution is 6.17. The summed E-state index contributed by atoms with van der Waals surface area (Å²) in [7, 11) is 0. The summed E-state index contributed by atoms with van der Waals surface area (Å²) in [5.41, 5.74) is 2.66. The maximum absolute atomic E-state index is 5.81. The van der Waals surface area contributed by atoms with Gasteiger partial charge in [-0.25, -0.2) is 0 Å². The van der Waals surface area contributed by atoms with Gasteiger partial charge in [0.05, 0.1) is 0 Å². The van der Waals surface area contributed by atoms with E-state index in [9.17, 15) is 0 Å². The molecule has 1 N–H and O–H groups in total. The molecular weight excluding hydrogens is 218 g/mol. The van der Waals surface area contributed by atoms with E-state index in [1.54, 1.807) is 0 Å². The van der Waals surface area contributed by atoms with Gasteiger partial charge in [0.2, 0.25) is 0 Å². The number of hydrogen-bond donors (Lipinski definition) is 1. The molecule has 2 heteroatoms. The number of halogens is 1. The molecule has 0 aliphatic carbocycles. The summed E-state index contributed by atoms with van der Waals surface area (Å²) in [6.45, 7) is 7.53. The van der Waals surface area contributed by atoms with Gasteiger partial charge in [-0.1, -0.05) is 43.7 Å². The lowest BCUT2D eigenvalue weighted by Gasteiger charge is -2.21. The molecule has 16 heavy (non-hydrogen) atoms. The molecular formula is C14H22ClN. The van der Waals surface area contributed by atoms with Crippen molar-refractivity contribution in [3.8, 4) is 0 Å². The van der Waals surface area contributed by atoms with E-state index in [0.717, 1.165) is 18.8 Å². The fourth-order valence-electron chi connectivity index (χ4n) is 1.86. The summed E-state index contributed by atoms with van der Waals surface area (Å²) in [5, 5.41) is 3.58. The van der Waals surface area contributed by atoms with Crippen molar-refractivity contribution in [2.24, 2.45) is 5.92 Å². The Morgan fingerprint density at radius 3 is 2.62 bits per heavy atom. The van der Waals surface area contributed by atoms with Crippen LogP contribution in [-0.2, 0) is 6.54 Å². The maximum Gasteiger partial charge on any atom is 0.0238 e. The Kier molecular flexibility index (Phi) is 5.86. The number of alkyl halides is 1. The Labute approximate surface area is 104 Å². The number of nitrogens with one attached hydrogen (secondary N) is 1. The van der Waals surface area contributed by atoms with Crippen molar-refractivity contribution in [2.75, 3.05) is 5.88 Å². The predicted octanol–water partition coefficient (Wildman–Crippen LogP) is 3.74. The minimum Gasteiger partial charge on any atom is -0.310 e. The van der Waals surface area contributed by atoms with E-state index in [4.69, 9.17) is 11.6 Å². The number of aryl methyl sites for hydroxylation is 1. The molecule has 1 atom stereocenters. The van der Waals surface area contributed by atoms with Crippen LogP contribution in [0.5, 0.6) is 0 Å².